The van der Waals surface area contributed by atoms with E-state index in [4.69, 9.17) is 4.42 Å². The standard InChI is InChI=1S/C13H21F3N4O2/c1-9-10(2)22-11(20-9)7-19-12(17-3)18-5-4-6-21-8-13(14,15)16/h4-8H2,1-3H3,(H2,17,18,19). The van der Waals surface area contributed by atoms with Crippen LogP contribution in [0.2, 0.25) is 0 Å². The van der Waals surface area contributed by atoms with Gasteiger partial charge in [-0.25, -0.2) is 4.98 Å². The van der Waals surface area contributed by atoms with Gasteiger partial charge >= 0.3 is 6.18 Å². The fraction of sp³-hybridized carbons (Fsp3) is 0.692. The van der Waals surface area contributed by atoms with Gasteiger partial charge in [-0.1, -0.05) is 0 Å². The molecule has 0 atom stereocenters. The Morgan fingerprint density at radius 3 is 2.59 bits per heavy atom. The van der Waals surface area contributed by atoms with Gasteiger partial charge in [0.05, 0.1) is 12.2 Å². The molecule has 0 aliphatic carbocycles. The summed E-state index contributed by atoms with van der Waals surface area (Å²) in [6, 6.07) is 0. The molecular weight excluding hydrogens is 301 g/mol. The summed E-state index contributed by atoms with van der Waals surface area (Å²) in [5, 5.41) is 5.97. The van der Waals surface area contributed by atoms with E-state index in [2.05, 4.69) is 25.3 Å². The number of oxazole rings is 1. The number of hydrogen-bond acceptors (Lipinski definition) is 4. The predicted molar refractivity (Wildman–Crippen MR) is 75.7 cm³/mol. The third-order valence-electron chi connectivity index (χ3n) is 2.73. The van der Waals surface area contributed by atoms with E-state index < -0.39 is 12.8 Å². The van der Waals surface area contributed by atoms with E-state index in [1.807, 2.05) is 13.8 Å². The van der Waals surface area contributed by atoms with Crippen molar-refractivity contribution in [2.24, 2.45) is 4.99 Å². The van der Waals surface area contributed by atoms with E-state index in [1.54, 1.807) is 7.05 Å². The first-order valence-electron chi connectivity index (χ1n) is 6.83. The van der Waals surface area contributed by atoms with Crippen LogP contribution in [0.5, 0.6) is 0 Å². The highest BCUT2D eigenvalue weighted by Crippen LogP contribution is 2.14. The molecule has 0 radical (unpaired) electrons. The second-order valence-electron chi connectivity index (χ2n) is 4.62. The van der Waals surface area contributed by atoms with Gasteiger partial charge in [0.25, 0.3) is 0 Å². The quantitative estimate of drug-likeness (QED) is 0.456. The van der Waals surface area contributed by atoms with Crippen molar-refractivity contribution in [3.05, 3.63) is 17.3 Å². The van der Waals surface area contributed by atoms with Crippen LogP contribution in [0, 0.1) is 13.8 Å². The molecule has 0 unspecified atom stereocenters. The number of hydrogen-bond donors (Lipinski definition) is 2. The number of rotatable bonds is 7. The van der Waals surface area contributed by atoms with Crippen molar-refractivity contribution >= 4 is 5.96 Å². The zero-order chi connectivity index (χ0) is 16.6. The Hall–Kier alpha value is -1.77. The van der Waals surface area contributed by atoms with E-state index in [1.165, 1.54) is 0 Å². The number of halogens is 3. The van der Waals surface area contributed by atoms with Crippen molar-refractivity contribution in [1.82, 2.24) is 15.6 Å². The molecule has 6 nitrogen and oxygen atoms in total. The normalized spacial score (nSPS) is 12.5. The van der Waals surface area contributed by atoms with E-state index in [0.717, 1.165) is 11.5 Å². The van der Waals surface area contributed by atoms with E-state index in [0.29, 0.717) is 31.4 Å². The fourth-order valence-electron chi connectivity index (χ4n) is 1.56. The number of guanidine groups is 1. The summed E-state index contributed by atoms with van der Waals surface area (Å²) in [5.74, 6) is 1.83. The lowest BCUT2D eigenvalue weighted by molar-refractivity contribution is -0.173. The minimum absolute atomic E-state index is 0.0294. The maximum Gasteiger partial charge on any atom is 0.411 e. The molecule has 0 amide bonds. The van der Waals surface area contributed by atoms with Gasteiger partial charge in [0.1, 0.15) is 12.4 Å². The van der Waals surface area contributed by atoms with Gasteiger partial charge in [-0.2, -0.15) is 13.2 Å². The molecule has 22 heavy (non-hydrogen) atoms. The van der Waals surface area contributed by atoms with Crippen LogP contribution in [-0.4, -0.2) is 43.9 Å². The zero-order valence-corrected chi connectivity index (χ0v) is 12.9. The van der Waals surface area contributed by atoms with Crippen LogP contribution in [0.15, 0.2) is 9.41 Å². The number of ether oxygens (including phenoxy) is 1. The molecule has 0 fully saturated rings. The summed E-state index contributed by atoms with van der Waals surface area (Å²) >= 11 is 0. The van der Waals surface area contributed by atoms with Crippen molar-refractivity contribution in [3.63, 3.8) is 0 Å². The molecule has 0 saturated carbocycles. The molecule has 0 aliphatic heterocycles. The maximum atomic E-state index is 11.9. The summed E-state index contributed by atoms with van der Waals surface area (Å²) in [6.45, 7) is 3.32. The van der Waals surface area contributed by atoms with Crippen LogP contribution in [0.4, 0.5) is 13.2 Å². The molecule has 0 bridgehead atoms. The van der Waals surface area contributed by atoms with Crippen LogP contribution in [-0.2, 0) is 11.3 Å². The Balaban J connectivity index is 2.18. The minimum Gasteiger partial charge on any atom is -0.444 e. The summed E-state index contributed by atoms with van der Waals surface area (Å²) < 4.78 is 45.5. The Morgan fingerprint density at radius 2 is 2.05 bits per heavy atom. The Kier molecular flexibility index (Phi) is 7.16. The average Bonchev–Trinajstić information content (AvgIpc) is 2.75. The number of alkyl halides is 3. The Bertz CT molecular complexity index is 467. The number of nitrogens with one attached hydrogen (secondary N) is 2. The van der Waals surface area contributed by atoms with Crippen molar-refractivity contribution in [2.75, 3.05) is 26.8 Å². The molecule has 9 heteroatoms. The van der Waals surface area contributed by atoms with Gasteiger partial charge in [-0.3, -0.25) is 4.99 Å². The molecule has 1 aromatic rings. The minimum atomic E-state index is -4.28. The third kappa shape index (κ3) is 7.30. The molecule has 1 heterocycles. The molecule has 0 aromatic carbocycles. The van der Waals surface area contributed by atoms with E-state index in [-0.39, 0.29) is 6.61 Å². The molecule has 2 N–H and O–H groups in total. The molecule has 1 aromatic heterocycles. The average molecular weight is 322 g/mol. The van der Waals surface area contributed by atoms with Gasteiger partial charge in [-0.05, 0) is 20.3 Å². The smallest absolute Gasteiger partial charge is 0.411 e. The van der Waals surface area contributed by atoms with Gasteiger partial charge in [-0.15, -0.1) is 0 Å². The number of aliphatic imine (C=N–C) groups is 1. The molecule has 0 saturated heterocycles. The molecule has 0 spiro atoms. The second-order valence-corrected chi connectivity index (χ2v) is 4.62. The summed E-state index contributed by atoms with van der Waals surface area (Å²) in [7, 11) is 1.60. The lowest BCUT2D eigenvalue weighted by Crippen LogP contribution is -2.37. The lowest BCUT2D eigenvalue weighted by atomic mass is 10.4. The first-order chi connectivity index (χ1) is 10.3. The van der Waals surface area contributed by atoms with Crippen molar-refractivity contribution < 1.29 is 22.3 Å². The van der Waals surface area contributed by atoms with Crippen molar-refractivity contribution in [2.45, 2.75) is 33.0 Å². The second kappa shape index (κ2) is 8.62. The zero-order valence-electron chi connectivity index (χ0n) is 12.9. The first-order valence-corrected chi connectivity index (χ1v) is 6.83. The van der Waals surface area contributed by atoms with E-state index in [9.17, 15) is 13.2 Å². The van der Waals surface area contributed by atoms with Crippen molar-refractivity contribution in [1.29, 1.82) is 0 Å². The number of aryl methyl sites for hydroxylation is 2. The fourth-order valence-corrected chi connectivity index (χ4v) is 1.56. The van der Waals surface area contributed by atoms with Crippen LogP contribution < -0.4 is 10.6 Å². The summed E-state index contributed by atoms with van der Waals surface area (Å²) in [4.78, 5) is 8.22. The highest BCUT2D eigenvalue weighted by molar-refractivity contribution is 5.79. The largest absolute Gasteiger partial charge is 0.444 e. The van der Waals surface area contributed by atoms with Gasteiger partial charge in [0.2, 0.25) is 5.89 Å². The summed E-state index contributed by atoms with van der Waals surface area (Å²) in [5.41, 5.74) is 0.835. The van der Waals surface area contributed by atoms with Crippen LogP contribution >= 0.6 is 0 Å². The van der Waals surface area contributed by atoms with Gasteiger partial charge < -0.3 is 19.8 Å². The lowest BCUT2D eigenvalue weighted by Gasteiger charge is -2.11. The molecular formula is C13H21F3N4O2. The molecule has 1 rings (SSSR count). The van der Waals surface area contributed by atoms with Gasteiger partial charge in [0.15, 0.2) is 5.96 Å². The summed E-state index contributed by atoms with van der Waals surface area (Å²) in [6.07, 6.45) is -3.84. The number of aromatic nitrogens is 1. The maximum absolute atomic E-state index is 11.9. The molecule has 0 aliphatic rings. The van der Waals surface area contributed by atoms with Crippen LogP contribution in [0.25, 0.3) is 0 Å². The highest BCUT2D eigenvalue weighted by Gasteiger charge is 2.27. The Labute approximate surface area is 127 Å². The molecule has 126 valence electrons. The predicted octanol–water partition coefficient (Wildman–Crippen LogP) is 1.93. The van der Waals surface area contributed by atoms with Crippen LogP contribution in [0.3, 0.4) is 0 Å². The van der Waals surface area contributed by atoms with E-state index >= 15 is 0 Å². The van der Waals surface area contributed by atoms with Gasteiger partial charge in [0, 0.05) is 20.2 Å². The van der Waals surface area contributed by atoms with Crippen LogP contribution in [0.1, 0.15) is 23.8 Å². The Morgan fingerprint density at radius 1 is 1.32 bits per heavy atom. The highest BCUT2D eigenvalue weighted by atomic mass is 19.4. The SMILES string of the molecule is CN=C(NCCCOCC(F)(F)F)NCc1nc(C)c(C)o1. The topological polar surface area (TPSA) is 71.7 Å². The number of nitrogens with zero attached hydrogens (tertiary/aromatic N) is 2. The van der Waals surface area contributed by atoms with Crippen molar-refractivity contribution in [3.8, 4) is 0 Å². The monoisotopic (exact) mass is 322 g/mol. The third-order valence-corrected chi connectivity index (χ3v) is 2.73. The first kappa shape index (κ1) is 18.3.